The summed E-state index contributed by atoms with van der Waals surface area (Å²) in [5, 5.41) is 7.09. The van der Waals surface area contributed by atoms with E-state index in [4.69, 9.17) is 0 Å². The van der Waals surface area contributed by atoms with Crippen molar-refractivity contribution < 1.29 is 0 Å². The van der Waals surface area contributed by atoms with Gasteiger partial charge < -0.3 is 5.32 Å². The van der Waals surface area contributed by atoms with Gasteiger partial charge in [-0.3, -0.25) is 4.90 Å². The van der Waals surface area contributed by atoms with Gasteiger partial charge in [-0.05, 0) is 25.1 Å². The number of nitrogens with one attached hydrogen (secondary N) is 1. The van der Waals surface area contributed by atoms with Gasteiger partial charge in [0.05, 0.1) is 11.1 Å². The minimum absolute atomic E-state index is 0.947. The molecule has 0 unspecified atom stereocenters. The molecule has 5 heteroatoms. The highest BCUT2D eigenvalue weighted by molar-refractivity contribution is 7.05. The Morgan fingerprint density at radius 1 is 1.62 bits per heavy atom. The molecular formula is C8H16N4S. The predicted molar refractivity (Wildman–Crippen MR) is 54.8 cm³/mol. The van der Waals surface area contributed by atoms with E-state index in [-0.39, 0.29) is 0 Å². The molecule has 0 spiro atoms. The molecule has 1 N–H and O–H groups in total. The van der Waals surface area contributed by atoms with Crippen molar-refractivity contribution in [3.63, 3.8) is 0 Å². The molecule has 0 aliphatic heterocycles. The lowest BCUT2D eigenvalue weighted by molar-refractivity contribution is 0.328. The fraction of sp³-hybridized carbons (Fsp3) is 0.750. The molecule has 0 atom stereocenters. The van der Waals surface area contributed by atoms with E-state index in [2.05, 4.69) is 33.8 Å². The SMILES string of the molecule is CCNCCN(C)Cc1cnns1. The summed E-state index contributed by atoms with van der Waals surface area (Å²) in [5.74, 6) is 0. The van der Waals surface area contributed by atoms with Gasteiger partial charge in [0.15, 0.2) is 0 Å². The summed E-state index contributed by atoms with van der Waals surface area (Å²) in [6, 6.07) is 0. The van der Waals surface area contributed by atoms with Gasteiger partial charge in [0, 0.05) is 19.6 Å². The maximum Gasteiger partial charge on any atom is 0.0666 e. The average Bonchev–Trinajstić information content (AvgIpc) is 2.57. The Labute approximate surface area is 83.1 Å². The van der Waals surface area contributed by atoms with Crippen molar-refractivity contribution in [3.8, 4) is 0 Å². The minimum Gasteiger partial charge on any atom is -0.316 e. The van der Waals surface area contributed by atoms with Gasteiger partial charge in [0.2, 0.25) is 0 Å². The van der Waals surface area contributed by atoms with E-state index in [1.165, 1.54) is 16.4 Å². The lowest BCUT2D eigenvalue weighted by Gasteiger charge is -2.14. The normalized spacial score (nSPS) is 11.0. The minimum atomic E-state index is 0.947. The van der Waals surface area contributed by atoms with E-state index in [0.29, 0.717) is 0 Å². The molecule has 74 valence electrons. The van der Waals surface area contributed by atoms with Gasteiger partial charge in [0.1, 0.15) is 0 Å². The van der Waals surface area contributed by atoms with E-state index in [1.54, 1.807) is 0 Å². The maximum absolute atomic E-state index is 3.82. The lowest BCUT2D eigenvalue weighted by Crippen LogP contribution is -2.28. The van der Waals surface area contributed by atoms with Crippen molar-refractivity contribution in [2.24, 2.45) is 0 Å². The summed E-state index contributed by atoms with van der Waals surface area (Å²) in [7, 11) is 2.11. The highest BCUT2D eigenvalue weighted by Gasteiger charge is 2.01. The zero-order valence-electron chi connectivity index (χ0n) is 8.16. The molecular weight excluding hydrogens is 184 g/mol. The van der Waals surface area contributed by atoms with Crippen LogP contribution in [0, 0.1) is 0 Å². The molecule has 1 aromatic heterocycles. The van der Waals surface area contributed by atoms with Crippen LogP contribution in [0.5, 0.6) is 0 Å². The molecule has 0 saturated heterocycles. The Balaban J connectivity index is 2.14. The molecule has 0 amide bonds. The van der Waals surface area contributed by atoms with E-state index < -0.39 is 0 Å². The first-order valence-corrected chi connectivity index (χ1v) is 5.25. The zero-order chi connectivity index (χ0) is 9.52. The van der Waals surface area contributed by atoms with Gasteiger partial charge in [-0.2, -0.15) is 0 Å². The van der Waals surface area contributed by atoms with Gasteiger partial charge in [-0.25, -0.2) is 0 Å². The van der Waals surface area contributed by atoms with Crippen LogP contribution in [0.25, 0.3) is 0 Å². The summed E-state index contributed by atoms with van der Waals surface area (Å²) in [5.41, 5.74) is 0. The quantitative estimate of drug-likeness (QED) is 0.682. The molecule has 1 aromatic rings. The van der Waals surface area contributed by atoms with Crippen molar-refractivity contribution in [1.29, 1.82) is 0 Å². The van der Waals surface area contributed by atoms with Crippen molar-refractivity contribution in [3.05, 3.63) is 11.1 Å². The third-order valence-corrected chi connectivity index (χ3v) is 2.40. The van der Waals surface area contributed by atoms with Crippen LogP contribution in [0.4, 0.5) is 0 Å². The number of hydrogen-bond donors (Lipinski definition) is 1. The predicted octanol–water partition coefficient (Wildman–Crippen LogP) is 0.579. The molecule has 0 aliphatic carbocycles. The maximum atomic E-state index is 3.82. The van der Waals surface area contributed by atoms with E-state index in [1.807, 2.05) is 6.20 Å². The van der Waals surface area contributed by atoms with Gasteiger partial charge in [-0.15, -0.1) is 5.10 Å². The Morgan fingerprint density at radius 3 is 3.08 bits per heavy atom. The second-order valence-corrected chi connectivity index (χ2v) is 3.85. The highest BCUT2D eigenvalue weighted by Crippen LogP contribution is 2.04. The summed E-state index contributed by atoms with van der Waals surface area (Å²) < 4.78 is 3.82. The molecule has 0 aromatic carbocycles. The number of nitrogens with zero attached hydrogens (tertiary/aromatic N) is 3. The van der Waals surface area contributed by atoms with Crippen LogP contribution in [0.3, 0.4) is 0 Å². The molecule has 0 bridgehead atoms. The first-order chi connectivity index (χ1) is 6.33. The number of rotatable bonds is 6. The molecule has 0 radical (unpaired) electrons. The number of hydrogen-bond acceptors (Lipinski definition) is 5. The molecule has 4 nitrogen and oxygen atoms in total. The van der Waals surface area contributed by atoms with Crippen molar-refractivity contribution in [2.45, 2.75) is 13.5 Å². The van der Waals surface area contributed by atoms with E-state index in [0.717, 1.165) is 26.2 Å². The summed E-state index contributed by atoms with van der Waals surface area (Å²) in [6.07, 6.45) is 1.83. The third-order valence-electron chi connectivity index (χ3n) is 1.75. The van der Waals surface area contributed by atoms with Crippen LogP contribution < -0.4 is 5.32 Å². The Morgan fingerprint density at radius 2 is 2.46 bits per heavy atom. The fourth-order valence-electron chi connectivity index (χ4n) is 1.05. The smallest absolute Gasteiger partial charge is 0.0666 e. The van der Waals surface area contributed by atoms with Crippen molar-refractivity contribution in [2.75, 3.05) is 26.7 Å². The number of aromatic nitrogens is 2. The fourth-order valence-corrected chi connectivity index (χ4v) is 1.62. The van der Waals surface area contributed by atoms with E-state index >= 15 is 0 Å². The average molecular weight is 200 g/mol. The second kappa shape index (κ2) is 6.01. The van der Waals surface area contributed by atoms with Crippen LogP contribution in [0.15, 0.2) is 6.20 Å². The molecule has 1 rings (SSSR count). The first-order valence-electron chi connectivity index (χ1n) is 4.48. The zero-order valence-corrected chi connectivity index (χ0v) is 8.97. The standard InChI is InChI=1S/C8H16N4S/c1-3-9-4-5-12(2)7-8-6-10-11-13-8/h6,9H,3-5,7H2,1-2H3. The van der Waals surface area contributed by atoms with Gasteiger partial charge in [0.25, 0.3) is 0 Å². The largest absolute Gasteiger partial charge is 0.316 e. The third kappa shape index (κ3) is 4.31. The molecule has 0 saturated carbocycles. The molecule has 13 heavy (non-hydrogen) atoms. The van der Waals surface area contributed by atoms with Crippen LogP contribution in [0.1, 0.15) is 11.8 Å². The highest BCUT2D eigenvalue weighted by atomic mass is 32.1. The second-order valence-electron chi connectivity index (χ2n) is 2.98. The Hall–Kier alpha value is -0.520. The Kier molecular flexibility index (Phi) is 4.88. The van der Waals surface area contributed by atoms with Gasteiger partial charge >= 0.3 is 0 Å². The van der Waals surface area contributed by atoms with Crippen molar-refractivity contribution >= 4 is 11.5 Å². The Bertz CT molecular complexity index is 212. The van der Waals surface area contributed by atoms with Crippen molar-refractivity contribution in [1.82, 2.24) is 19.8 Å². The number of likely N-dealkylation sites (N-methyl/N-ethyl adjacent to an activating group) is 2. The van der Waals surface area contributed by atoms with Crippen LogP contribution in [0.2, 0.25) is 0 Å². The lowest BCUT2D eigenvalue weighted by atomic mass is 10.4. The van der Waals surface area contributed by atoms with Crippen LogP contribution >= 0.6 is 11.5 Å². The summed E-state index contributed by atoms with van der Waals surface area (Å²) >= 11 is 1.47. The van der Waals surface area contributed by atoms with E-state index in [9.17, 15) is 0 Å². The topological polar surface area (TPSA) is 41.0 Å². The summed E-state index contributed by atoms with van der Waals surface area (Å²) in [4.78, 5) is 3.48. The first kappa shape index (κ1) is 10.6. The molecule has 0 fully saturated rings. The van der Waals surface area contributed by atoms with Crippen LogP contribution in [-0.2, 0) is 6.54 Å². The molecule has 1 heterocycles. The van der Waals surface area contributed by atoms with Crippen LogP contribution in [-0.4, -0.2) is 41.2 Å². The molecule has 0 aliphatic rings. The summed E-state index contributed by atoms with van der Waals surface area (Å²) in [6.45, 7) is 6.21. The monoisotopic (exact) mass is 200 g/mol. The van der Waals surface area contributed by atoms with Gasteiger partial charge in [-0.1, -0.05) is 11.4 Å².